The lowest BCUT2D eigenvalue weighted by atomic mass is 10.0. The van der Waals surface area contributed by atoms with Crippen molar-refractivity contribution in [1.29, 1.82) is 0 Å². The number of nitrogens with two attached hydrogens (primary N) is 1. The first-order valence-corrected chi connectivity index (χ1v) is 6.36. The van der Waals surface area contributed by atoms with Crippen molar-refractivity contribution in [3.05, 3.63) is 52.9 Å². The first-order chi connectivity index (χ1) is 9.95. The maximum Gasteiger partial charge on any atom is 0.324 e. The molecule has 1 aliphatic rings. The van der Waals surface area contributed by atoms with Crippen molar-refractivity contribution >= 4 is 23.4 Å². The van der Waals surface area contributed by atoms with Crippen LogP contribution in [0.4, 0.5) is 10.2 Å². The van der Waals surface area contributed by atoms with Crippen LogP contribution in [0.25, 0.3) is 0 Å². The summed E-state index contributed by atoms with van der Waals surface area (Å²) in [5.74, 6) is -1.75. The van der Waals surface area contributed by atoms with Gasteiger partial charge in [0.15, 0.2) is 11.6 Å². The van der Waals surface area contributed by atoms with Gasteiger partial charge in [0.2, 0.25) is 5.28 Å². The summed E-state index contributed by atoms with van der Waals surface area (Å²) in [6, 6.07) is -1.05. The van der Waals surface area contributed by atoms with Gasteiger partial charge >= 0.3 is 5.97 Å². The second-order valence-electron chi connectivity index (χ2n) is 4.26. The highest BCUT2D eigenvalue weighted by molar-refractivity contribution is 6.28. The summed E-state index contributed by atoms with van der Waals surface area (Å²) in [4.78, 5) is 17.9. The van der Waals surface area contributed by atoms with Gasteiger partial charge in [-0.3, -0.25) is 4.79 Å². The molecule has 0 spiro atoms. The van der Waals surface area contributed by atoms with Crippen molar-refractivity contribution in [2.45, 2.75) is 12.5 Å². The van der Waals surface area contributed by atoms with E-state index >= 15 is 0 Å². The van der Waals surface area contributed by atoms with E-state index in [4.69, 9.17) is 22.4 Å². The van der Waals surface area contributed by atoms with Crippen molar-refractivity contribution < 1.29 is 14.3 Å². The molecule has 1 unspecified atom stereocenters. The predicted molar refractivity (Wildman–Crippen MR) is 76.2 cm³/mol. The molecular formula is C13H12ClFN4O2. The molecule has 0 bridgehead atoms. The van der Waals surface area contributed by atoms with E-state index in [-0.39, 0.29) is 11.1 Å². The smallest absolute Gasteiger partial charge is 0.324 e. The normalized spacial score (nSPS) is 17.5. The molecule has 110 valence electrons. The van der Waals surface area contributed by atoms with Gasteiger partial charge in [-0.1, -0.05) is 18.2 Å². The number of aliphatic carboxylic acids is 1. The van der Waals surface area contributed by atoms with E-state index in [1.54, 1.807) is 18.2 Å². The molecule has 1 aromatic rings. The average molecular weight is 311 g/mol. The summed E-state index contributed by atoms with van der Waals surface area (Å²) in [7, 11) is 0. The second-order valence-corrected chi connectivity index (χ2v) is 4.60. The summed E-state index contributed by atoms with van der Waals surface area (Å²) in [6.45, 7) is 0. The van der Waals surface area contributed by atoms with E-state index in [2.05, 4.69) is 15.3 Å². The van der Waals surface area contributed by atoms with E-state index in [0.717, 1.165) is 11.8 Å². The maximum absolute atomic E-state index is 13.5. The van der Waals surface area contributed by atoms with Gasteiger partial charge in [-0.05, 0) is 29.7 Å². The number of carbonyl (C=O) groups is 1. The Morgan fingerprint density at radius 1 is 1.57 bits per heavy atom. The topological polar surface area (TPSA) is 101 Å². The number of rotatable bonds is 4. The summed E-state index contributed by atoms with van der Waals surface area (Å²) in [5.41, 5.74) is 6.79. The fourth-order valence-corrected chi connectivity index (χ4v) is 1.78. The molecule has 8 heteroatoms. The summed E-state index contributed by atoms with van der Waals surface area (Å²) in [6.07, 6.45) is 8.03. The predicted octanol–water partition coefficient (Wildman–Crippen LogP) is 1.86. The molecule has 1 aliphatic carbocycles. The minimum atomic E-state index is -1.10. The molecule has 0 amide bonds. The van der Waals surface area contributed by atoms with Crippen LogP contribution in [0.3, 0.4) is 0 Å². The third kappa shape index (κ3) is 4.11. The quantitative estimate of drug-likeness (QED) is 0.734. The minimum Gasteiger partial charge on any atom is -0.480 e. The van der Waals surface area contributed by atoms with Crippen LogP contribution in [0.15, 0.2) is 41.8 Å². The lowest BCUT2D eigenvalue weighted by molar-refractivity contribution is -0.137. The Kier molecular flexibility index (Phi) is 4.66. The molecule has 0 aromatic carbocycles. The van der Waals surface area contributed by atoms with E-state index in [1.165, 1.54) is 6.08 Å². The first-order valence-electron chi connectivity index (χ1n) is 5.98. The highest BCUT2D eigenvalue weighted by atomic mass is 35.5. The van der Waals surface area contributed by atoms with Crippen molar-refractivity contribution in [2.24, 2.45) is 5.73 Å². The Labute approximate surface area is 124 Å². The van der Waals surface area contributed by atoms with Gasteiger partial charge in [-0.25, -0.2) is 9.37 Å². The molecule has 6 nitrogen and oxygen atoms in total. The third-order valence-corrected chi connectivity index (χ3v) is 2.87. The van der Waals surface area contributed by atoms with Gasteiger partial charge in [-0.15, -0.1) is 0 Å². The minimum absolute atomic E-state index is 0.0273. The van der Waals surface area contributed by atoms with Crippen molar-refractivity contribution in [1.82, 2.24) is 9.97 Å². The number of hydrogen-bond acceptors (Lipinski definition) is 5. The van der Waals surface area contributed by atoms with Gasteiger partial charge in [0.05, 0.1) is 6.20 Å². The average Bonchev–Trinajstić information content (AvgIpc) is 2.45. The van der Waals surface area contributed by atoms with Crippen molar-refractivity contribution in [2.75, 3.05) is 5.32 Å². The highest BCUT2D eigenvalue weighted by Crippen LogP contribution is 2.19. The van der Waals surface area contributed by atoms with E-state index in [0.29, 0.717) is 12.1 Å². The highest BCUT2D eigenvalue weighted by Gasteiger charge is 2.11. The number of nitrogens with zero attached hydrogens (tertiary/aromatic N) is 2. The number of carboxylic acid groups (broad SMARTS) is 1. The molecule has 0 radical (unpaired) electrons. The standard InChI is InChI=1S/C13H12ClFN4O2/c14-13-17-6-9(15)11(19-13)18-8-3-1-7(2-4-8)5-10(16)12(20)21/h1,3-6,10H,2,16H2,(H,20,21)(H,17,18,19). The van der Waals surface area contributed by atoms with Crippen LogP contribution in [0.5, 0.6) is 0 Å². The Bertz CT molecular complexity index is 658. The van der Waals surface area contributed by atoms with Crippen molar-refractivity contribution in [3.8, 4) is 0 Å². The Morgan fingerprint density at radius 2 is 2.33 bits per heavy atom. The number of nitrogens with one attached hydrogen (secondary N) is 1. The Morgan fingerprint density at radius 3 is 2.95 bits per heavy atom. The number of halogens is 2. The molecule has 21 heavy (non-hydrogen) atoms. The molecule has 0 aliphatic heterocycles. The zero-order valence-corrected chi connectivity index (χ0v) is 11.5. The van der Waals surface area contributed by atoms with Gasteiger partial charge in [0.1, 0.15) is 6.04 Å². The number of anilines is 1. The maximum atomic E-state index is 13.5. The van der Waals surface area contributed by atoms with E-state index in [9.17, 15) is 9.18 Å². The fourth-order valence-electron chi connectivity index (χ4n) is 1.65. The van der Waals surface area contributed by atoms with Crippen LogP contribution < -0.4 is 11.1 Å². The van der Waals surface area contributed by atoms with Crippen LogP contribution in [-0.2, 0) is 4.79 Å². The van der Waals surface area contributed by atoms with Gasteiger partial charge in [0.25, 0.3) is 0 Å². The largest absolute Gasteiger partial charge is 0.480 e. The van der Waals surface area contributed by atoms with Crippen LogP contribution in [0, 0.1) is 5.82 Å². The van der Waals surface area contributed by atoms with E-state index in [1.807, 2.05) is 0 Å². The van der Waals surface area contributed by atoms with Crippen molar-refractivity contribution in [3.63, 3.8) is 0 Å². The number of carboxylic acids is 1. The second kappa shape index (κ2) is 6.47. The summed E-state index contributed by atoms with van der Waals surface area (Å²) < 4.78 is 13.5. The first kappa shape index (κ1) is 15.1. The molecule has 1 atom stereocenters. The Hall–Kier alpha value is -2.25. The zero-order chi connectivity index (χ0) is 15.4. The molecular weight excluding hydrogens is 299 g/mol. The zero-order valence-electron chi connectivity index (χ0n) is 10.8. The molecule has 1 heterocycles. The van der Waals surface area contributed by atoms with Gasteiger partial charge in [-0.2, -0.15) is 4.98 Å². The number of hydrogen-bond donors (Lipinski definition) is 3. The SMILES string of the molecule is NC(C=C1C=CC(Nc2nc(Cl)ncc2F)=CC1)C(=O)O. The number of aromatic nitrogens is 2. The number of allylic oxidation sites excluding steroid dienone is 4. The van der Waals surface area contributed by atoms with Gasteiger partial charge < -0.3 is 16.2 Å². The lowest BCUT2D eigenvalue weighted by Crippen LogP contribution is -2.28. The summed E-state index contributed by atoms with van der Waals surface area (Å²) >= 11 is 5.60. The monoisotopic (exact) mass is 310 g/mol. The van der Waals surface area contributed by atoms with E-state index < -0.39 is 17.8 Å². The van der Waals surface area contributed by atoms with Crippen LogP contribution >= 0.6 is 11.6 Å². The van der Waals surface area contributed by atoms with Gasteiger partial charge in [0, 0.05) is 5.70 Å². The summed E-state index contributed by atoms with van der Waals surface area (Å²) in [5, 5.41) is 11.4. The van der Waals surface area contributed by atoms with Crippen LogP contribution in [0.1, 0.15) is 6.42 Å². The third-order valence-electron chi connectivity index (χ3n) is 2.69. The molecule has 1 aromatic heterocycles. The Balaban J connectivity index is 2.06. The fraction of sp³-hybridized carbons (Fsp3) is 0.154. The molecule has 2 rings (SSSR count). The molecule has 0 saturated carbocycles. The molecule has 0 saturated heterocycles. The van der Waals surface area contributed by atoms with Crippen LogP contribution in [0.2, 0.25) is 5.28 Å². The molecule has 0 fully saturated rings. The lowest BCUT2D eigenvalue weighted by Gasteiger charge is -2.12. The molecule has 4 N–H and O–H groups in total. The van der Waals surface area contributed by atoms with Crippen LogP contribution in [-0.4, -0.2) is 27.1 Å².